The largest absolute Gasteiger partial charge is 0.358 e. The number of rotatable bonds is 0. The third-order valence-electron chi connectivity index (χ3n) is 0. The van der Waals surface area contributed by atoms with Crippen molar-refractivity contribution >= 4 is 5.78 Å². The van der Waals surface area contributed by atoms with E-state index >= 15 is 0 Å². The Kier molecular flexibility index (Phi) is 144. The predicted molar refractivity (Wildman–Crippen MR) is 44.5 cm³/mol. The van der Waals surface area contributed by atoms with Crippen molar-refractivity contribution < 1.29 is 70.2 Å². The second-order valence-corrected chi connectivity index (χ2v) is 1.20. The van der Waals surface area contributed by atoms with E-state index < -0.39 is 0 Å². The van der Waals surface area contributed by atoms with Crippen LogP contribution in [0.25, 0.3) is 0 Å². The molecule has 11 heavy (non-hydrogen) atoms. The molecule has 0 spiro atoms. The molecule has 0 aliphatic carbocycles. The fourth-order valence-electron chi connectivity index (χ4n) is 0. The quantitative estimate of drug-likeness (QED) is 0.629. The molecule has 0 saturated heterocycles. The number of hydrogen-bond acceptors (Lipinski definition) is 1. The molecule has 0 aromatic heterocycles. The Balaban J connectivity index is -0.00000000848. The zero-order valence-corrected chi connectivity index (χ0v) is 13.9. The predicted octanol–water partition coefficient (Wildman–Crippen LogP) is 2.54. The van der Waals surface area contributed by atoms with E-state index in [1.54, 1.807) is 0 Å². The summed E-state index contributed by atoms with van der Waals surface area (Å²) in [5.41, 5.74) is 0. The molecule has 0 rings (SSSR count). The first kappa shape index (κ1) is 38.6. The van der Waals surface area contributed by atoms with Crippen LogP contribution in [-0.2, 0) is 70.2 Å². The maximum absolute atomic E-state index is 9.33. The Morgan fingerprint density at radius 2 is 1.27 bits per heavy atom. The van der Waals surface area contributed by atoms with E-state index in [2.05, 4.69) is 13.8 Å². The molecule has 0 N–H and O–H groups in total. The van der Waals surface area contributed by atoms with Crippen LogP contribution < -0.4 is 0 Å². The minimum Gasteiger partial charge on any atom is -0.358 e. The molecule has 2 radical (unpaired) electrons. The van der Waals surface area contributed by atoms with Gasteiger partial charge in [0.25, 0.3) is 0 Å². The average Bonchev–Trinajstić information content (AvgIpc) is 1.33. The van der Waals surface area contributed by atoms with E-state index in [1.165, 1.54) is 6.92 Å². The van der Waals surface area contributed by atoms with E-state index in [9.17, 15) is 4.79 Å². The molecule has 66 valence electrons. The third-order valence-corrected chi connectivity index (χ3v) is 0. The molecule has 0 heterocycles. The Bertz CT molecular complexity index is 43.4. The van der Waals surface area contributed by atoms with Crippen molar-refractivity contribution in [3.63, 3.8) is 0 Å². The van der Waals surface area contributed by atoms with E-state index in [-0.39, 0.29) is 86.1 Å². The number of carbonyl (C=O) groups is 1. The molecule has 0 amide bonds. The maximum atomic E-state index is 9.33. The van der Waals surface area contributed by atoms with Crippen LogP contribution in [0.5, 0.6) is 0 Å². The van der Waals surface area contributed by atoms with Crippen molar-refractivity contribution in [2.75, 3.05) is 0 Å². The van der Waals surface area contributed by atoms with Crippen molar-refractivity contribution in [1.82, 2.24) is 0 Å². The van der Waals surface area contributed by atoms with Gasteiger partial charge in [-0.15, -0.1) is 0 Å². The van der Waals surface area contributed by atoms with E-state index in [0.29, 0.717) is 0 Å². The van der Waals surface area contributed by atoms with Crippen LogP contribution in [0.3, 0.4) is 0 Å². The van der Waals surface area contributed by atoms with Crippen LogP contribution in [0.1, 0.15) is 20.3 Å². The van der Waals surface area contributed by atoms with Crippen LogP contribution in [0.4, 0.5) is 0 Å². The maximum Gasteiger partial charge on any atom is 0 e. The van der Waals surface area contributed by atoms with E-state index in [1.807, 2.05) is 6.92 Å². The van der Waals surface area contributed by atoms with Crippen molar-refractivity contribution in [2.45, 2.75) is 20.3 Å². The monoisotopic (exact) mass is 308 g/mol. The number of ketones is 1. The van der Waals surface area contributed by atoms with Gasteiger partial charge in [0.15, 0.2) is 0 Å². The zero-order valence-electron chi connectivity index (χ0n) is 8.18. The number of hydrogen-bond donors (Lipinski definition) is 0. The minimum absolute atomic E-state index is 0. The summed E-state index contributed by atoms with van der Waals surface area (Å²) >= 11 is 0. The SMILES string of the molecule is [CH2-]C(C)=O.[CH2-]CC.[CH3-].[CH3-].[Y].[Y]. The first-order valence-corrected chi connectivity index (χ1v) is 2.26. The summed E-state index contributed by atoms with van der Waals surface area (Å²) in [6.45, 7) is 9.92. The fraction of sp³-hybridized carbons (Fsp3) is 0.375. The fourth-order valence-corrected chi connectivity index (χ4v) is 0. The summed E-state index contributed by atoms with van der Waals surface area (Å²) in [5, 5.41) is 0. The van der Waals surface area contributed by atoms with Crippen LogP contribution in [0, 0.1) is 28.7 Å². The summed E-state index contributed by atoms with van der Waals surface area (Å²) in [7, 11) is 0. The van der Waals surface area contributed by atoms with Crippen molar-refractivity contribution in [2.24, 2.45) is 0 Å². The third kappa shape index (κ3) is 365. The van der Waals surface area contributed by atoms with Crippen molar-refractivity contribution in [3.05, 3.63) is 28.7 Å². The van der Waals surface area contributed by atoms with Crippen LogP contribution in [0.15, 0.2) is 0 Å². The van der Waals surface area contributed by atoms with Crippen LogP contribution >= 0.6 is 0 Å². The van der Waals surface area contributed by atoms with Gasteiger partial charge in [0, 0.05) is 65.4 Å². The van der Waals surface area contributed by atoms with Gasteiger partial charge in [-0.3, -0.25) is 0 Å². The normalized spacial score (nSPS) is 3.91. The van der Waals surface area contributed by atoms with Gasteiger partial charge >= 0.3 is 0 Å². The molecule has 3 heteroatoms. The van der Waals surface area contributed by atoms with Gasteiger partial charge in [-0.2, -0.15) is 6.42 Å². The first-order valence-electron chi connectivity index (χ1n) is 2.26. The summed E-state index contributed by atoms with van der Waals surface area (Å²) < 4.78 is 0. The van der Waals surface area contributed by atoms with Crippen molar-refractivity contribution in [1.29, 1.82) is 0 Å². The molecule has 0 unspecified atom stereocenters. The summed E-state index contributed by atoms with van der Waals surface area (Å²) in [4.78, 5) is 9.33. The van der Waals surface area contributed by atoms with Crippen LogP contribution in [-0.4, -0.2) is 5.78 Å². The van der Waals surface area contributed by atoms with Gasteiger partial charge in [0.05, 0.1) is 0 Å². The average molecular weight is 308 g/mol. The Morgan fingerprint density at radius 3 is 1.27 bits per heavy atom. The van der Waals surface area contributed by atoms with Gasteiger partial charge in [-0.05, 0) is 12.7 Å². The standard InChI is InChI=1S/C3H5O.C3H7.2CH3.2Y/c1-3(2)4;1-3-2;;;;/h1H2,2H3;1,3H2,2H3;2*1H3;;/q4*-1;;. The topological polar surface area (TPSA) is 17.1 Å². The molecule has 1 nitrogen and oxygen atoms in total. The van der Waals surface area contributed by atoms with Crippen LogP contribution in [0.2, 0.25) is 0 Å². The van der Waals surface area contributed by atoms with Gasteiger partial charge in [-0.25, -0.2) is 0 Å². The Labute approximate surface area is 123 Å². The molecule has 0 aliphatic rings. The zero-order chi connectivity index (χ0) is 6.28. The van der Waals surface area contributed by atoms with Gasteiger partial charge in [0.2, 0.25) is 0 Å². The second kappa shape index (κ2) is 41.1. The molecule has 0 fully saturated rings. The molecular weight excluding hydrogens is 290 g/mol. The van der Waals surface area contributed by atoms with Crippen molar-refractivity contribution in [3.8, 4) is 0 Å². The molecule has 0 aromatic rings. The number of carbonyl (C=O) groups excluding carboxylic acids is 1. The smallest absolute Gasteiger partial charge is 0 e. The molecular formula is C8H18OY2-4. The van der Waals surface area contributed by atoms with E-state index in [4.69, 9.17) is 0 Å². The molecule has 0 atom stereocenters. The van der Waals surface area contributed by atoms with Gasteiger partial charge < -0.3 is 33.5 Å². The summed E-state index contributed by atoms with van der Waals surface area (Å²) in [6.07, 6.45) is 1.00. The minimum atomic E-state index is -0.0833. The first-order chi connectivity index (χ1) is 3.15. The summed E-state index contributed by atoms with van der Waals surface area (Å²) in [6, 6.07) is 0. The Hall–Kier alpha value is 1.75. The van der Waals surface area contributed by atoms with Gasteiger partial charge in [0.1, 0.15) is 0 Å². The van der Waals surface area contributed by atoms with E-state index in [0.717, 1.165) is 6.42 Å². The molecule has 0 bridgehead atoms. The van der Waals surface area contributed by atoms with Gasteiger partial charge in [-0.1, -0.05) is 6.92 Å². The molecule has 0 saturated carbocycles. The Morgan fingerprint density at radius 1 is 1.27 bits per heavy atom. The molecule has 0 aromatic carbocycles. The molecule has 0 aliphatic heterocycles. The second-order valence-electron chi connectivity index (χ2n) is 1.20. The number of Topliss-reactive ketones (excluding diaryl/α,β-unsaturated/α-hetero) is 1. The summed E-state index contributed by atoms with van der Waals surface area (Å²) in [5.74, 6) is -0.0833.